The maximum absolute atomic E-state index is 11.9. The van der Waals surface area contributed by atoms with E-state index in [2.05, 4.69) is 5.32 Å². The van der Waals surface area contributed by atoms with Crippen LogP contribution in [0.1, 0.15) is 25.3 Å². The Morgan fingerprint density at radius 2 is 2.33 bits per heavy atom. The topological polar surface area (TPSA) is 71.4 Å². The second-order valence-corrected chi connectivity index (χ2v) is 4.92. The number of nitrogens with one attached hydrogen (secondary N) is 1. The molecule has 1 heterocycles. The standard InChI is InChI=1S/C15H15ClN2O3/c1-2-3-4-18-15(19)11(8-17)5-10-6-12(16)14-13(7-10)20-9-21-14/h5-7H,2-4,9H2,1H3,(H,18,19)/b11-5+. The van der Waals surface area contributed by atoms with Gasteiger partial charge in [0.25, 0.3) is 5.91 Å². The number of nitriles is 1. The van der Waals surface area contributed by atoms with E-state index in [0.29, 0.717) is 28.6 Å². The third kappa shape index (κ3) is 3.67. The third-order valence-corrected chi connectivity index (χ3v) is 3.22. The zero-order chi connectivity index (χ0) is 15.2. The number of nitrogens with zero attached hydrogens (tertiary/aromatic N) is 1. The zero-order valence-corrected chi connectivity index (χ0v) is 12.4. The fourth-order valence-corrected chi connectivity index (χ4v) is 2.13. The molecule has 0 atom stereocenters. The van der Waals surface area contributed by atoms with Crippen LogP contribution in [0.15, 0.2) is 17.7 Å². The van der Waals surface area contributed by atoms with Crippen molar-refractivity contribution in [2.24, 2.45) is 0 Å². The number of carbonyl (C=O) groups excluding carboxylic acids is 1. The highest BCUT2D eigenvalue weighted by Gasteiger charge is 2.18. The summed E-state index contributed by atoms with van der Waals surface area (Å²) in [5.74, 6) is 0.608. The Bertz CT molecular complexity index is 620. The van der Waals surface area contributed by atoms with Gasteiger partial charge < -0.3 is 14.8 Å². The number of hydrogen-bond donors (Lipinski definition) is 1. The van der Waals surface area contributed by atoms with Gasteiger partial charge in [-0.1, -0.05) is 24.9 Å². The molecule has 0 saturated carbocycles. The fourth-order valence-electron chi connectivity index (χ4n) is 1.86. The monoisotopic (exact) mass is 306 g/mol. The van der Waals surface area contributed by atoms with E-state index >= 15 is 0 Å². The van der Waals surface area contributed by atoms with Crippen molar-refractivity contribution in [3.63, 3.8) is 0 Å². The molecule has 0 saturated heterocycles. The van der Waals surface area contributed by atoms with Crippen LogP contribution in [0.4, 0.5) is 0 Å². The number of amides is 1. The molecule has 1 aliphatic heterocycles. The Morgan fingerprint density at radius 3 is 3.05 bits per heavy atom. The summed E-state index contributed by atoms with van der Waals surface area (Å²) >= 11 is 6.07. The second kappa shape index (κ2) is 7.00. The van der Waals surface area contributed by atoms with E-state index in [1.807, 2.05) is 13.0 Å². The van der Waals surface area contributed by atoms with E-state index in [0.717, 1.165) is 12.8 Å². The van der Waals surface area contributed by atoms with Gasteiger partial charge in [-0.2, -0.15) is 5.26 Å². The summed E-state index contributed by atoms with van der Waals surface area (Å²) in [4.78, 5) is 11.9. The van der Waals surface area contributed by atoms with Gasteiger partial charge in [-0.3, -0.25) is 4.79 Å². The molecule has 5 nitrogen and oxygen atoms in total. The third-order valence-electron chi connectivity index (χ3n) is 2.94. The average molecular weight is 307 g/mol. The number of unbranched alkanes of at least 4 members (excludes halogenated alkanes) is 1. The Kier molecular flexibility index (Phi) is 5.07. The average Bonchev–Trinajstić information content (AvgIpc) is 2.93. The van der Waals surface area contributed by atoms with E-state index in [1.165, 1.54) is 6.08 Å². The lowest BCUT2D eigenvalue weighted by atomic mass is 10.1. The number of halogens is 1. The van der Waals surface area contributed by atoms with Crippen molar-refractivity contribution < 1.29 is 14.3 Å². The molecule has 0 bridgehead atoms. The quantitative estimate of drug-likeness (QED) is 0.516. The predicted octanol–water partition coefficient (Wildman–Crippen LogP) is 2.89. The predicted molar refractivity (Wildman–Crippen MR) is 79.1 cm³/mol. The van der Waals surface area contributed by atoms with E-state index in [4.69, 9.17) is 26.3 Å². The Morgan fingerprint density at radius 1 is 1.52 bits per heavy atom. The van der Waals surface area contributed by atoms with Crippen LogP contribution in [0.25, 0.3) is 6.08 Å². The van der Waals surface area contributed by atoms with E-state index in [-0.39, 0.29) is 18.3 Å². The second-order valence-electron chi connectivity index (χ2n) is 4.52. The summed E-state index contributed by atoms with van der Waals surface area (Å²) in [6, 6.07) is 5.21. The molecule has 0 spiro atoms. The minimum atomic E-state index is -0.389. The minimum absolute atomic E-state index is 0.0287. The molecule has 1 aromatic carbocycles. The van der Waals surface area contributed by atoms with Gasteiger partial charge in [-0.05, 0) is 30.2 Å². The van der Waals surface area contributed by atoms with Crippen molar-refractivity contribution >= 4 is 23.6 Å². The minimum Gasteiger partial charge on any atom is -0.454 e. The van der Waals surface area contributed by atoms with Crippen molar-refractivity contribution in [1.29, 1.82) is 5.26 Å². The van der Waals surface area contributed by atoms with Crippen molar-refractivity contribution in [1.82, 2.24) is 5.32 Å². The number of ether oxygens (including phenoxy) is 2. The normalized spacial score (nSPS) is 12.9. The molecule has 1 aromatic rings. The summed E-state index contributed by atoms with van der Waals surface area (Å²) < 4.78 is 10.5. The summed E-state index contributed by atoms with van der Waals surface area (Å²) in [5, 5.41) is 12.2. The molecular weight excluding hydrogens is 292 g/mol. The van der Waals surface area contributed by atoms with Crippen LogP contribution < -0.4 is 14.8 Å². The van der Waals surface area contributed by atoms with Crippen LogP contribution in [0.5, 0.6) is 11.5 Å². The van der Waals surface area contributed by atoms with Gasteiger partial charge >= 0.3 is 0 Å². The highest BCUT2D eigenvalue weighted by Crippen LogP contribution is 2.40. The lowest BCUT2D eigenvalue weighted by Gasteiger charge is -2.04. The van der Waals surface area contributed by atoms with Gasteiger partial charge in [0.05, 0.1) is 5.02 Å². The van der Waals surface area contributed by atoms with Gasteiger partial charge in [0.15, 0.2) is 11.5 Å². The van der Waals surface area contributed by atoms with Crippen LogP contribution in [0.3, 0.4) is 0 Å². The molecule has 0 fully saturated rings. The van der Waals surface area contributed by atoms with Crippen molar-refractivity contribution in [2.75, 3.05) is 13.3 Å². The molecule has 0 radical (unpaired) electrons. The first-order chi connectivity index (χ1) is 10.2. The van der Waals surface area contributed by atoms with Gasteiger partial charge in [-0.25, -0.2) is 0 Å². The van der Waals surface area contributed by atoms with E-state index in [9.17, 15) is 4.79 Å². The highest BCUT2D eigenvalue weighted by atomic mass is 35.5. The van der Waals surface area contributed by atoms with Gasteiger partial charge in [-0.15, -0.1) is 0 Å². The number of fused-ring (bicyclic) bond motifs is 1. The molecule has 2 rings (SSSR count). The SMILES string of the molecule is CCCCNC(=O)/C(C#N)=C/c1cc(Cl)c2c(c1)OCO2. The first-order valence-electron chi connectivity index (χ1n) is 6.65. The van der Waals surface area contributed by atoms with Crippen LogP contribution in [-0.4, -0.2) is 19.2 Å². The lowest BCUT2D eigenvalue weighted by molar-refractivity contribution is -0.117. The van der Waals surface area contributed by atoms with E-state index in [1.54, 1.807) is 12.1 Å². The van der Waals surface area contributed by atoms with Crippen LogP contribution in [0, 0.1) is 11.3 Å². The van der Waals surface area contributed by atoms with Crippen LogP contribution >= 0.6 is 11.6 Å². The first-order valence-corrected chi connectivity index (χ1v) is 7.02. The highest BCUT2D eigenvalue weighted by molar-refractivity contribution is 6.32. The molecule has 0 aromatic heterocycles. The maximum Gasteiger partial charge on any atom is 0.261 e. The Labute approximate surface area is 128 Å². The number of hydrogen-bond acceptors (Lipinski definition) is 4. The van der Waals surface area contributed by atoms with Crippen molar-refractivity contribution in [2.45, 2.75) is 19.8 Å². The van der Waals surface area contributed by atoms with Gasteiger partial charge in [0.2, 0.25) is 6.79 Å². The molecule has 1 aliphatic rings. The summed E-state index contributed by atoms with van der Waals surface area (Å²) in [6.45, 7) is 2.70. The molecule has 21 heavy (non-hydrogen) atoms. The smallest absolute Gasteiger partial charge is 0.261 e. The van der Waals surface area contributed by atoms with Gasteiger partial charge in [0.1, 0.15) is 11.6 Å². The van der Waals surface area contributed by atoms with Crippen molar-refractivity contribution in [3.8, 4) is 17.6 Å². The Balaban J connectivity index is 2.19. The number of carbonyl (C=O) groups is 1. The summed E-state index contributed by atoms with van der Waals surface area (Å²) in [7, 11) is 0. The first kappa shape index (κ1) is 15.2. The zero-order valence-electron chi connectivity index (χ0n) is 11.6. The number of benzene rings is 1. The number of rotatable bonds is 5. The molecule has 0 unspecified atom stereocenters. The van der Waals surface area contributed by atoms with Crippen LogP contribution in [-0.2, 0) is 4.79 Å². The molecule has 1 amide bonds. The molecule has 110 valence electrons. The Hall–Kier alpha value is -2.19. The van der Waals surface area contributed by atoms with Gasteiger partial charge in [0, 0.05) is 6.54 Å². The summed E-state index contributed by atoms with van der Waals surface area (Å²) in [5.41, 5.74) is 0.646. The summed E-state index contributed by atoms with van der Waals surface area (Å²) in [6.07, 6.45) is 3.33. The van der Waals surface area contributed by atoms with E-state index < -0.39 is 0 Å². The lowest BCUT2D eigenvalue weighted by Crippen LogP contribution is -2.25. The van der Waals surface area contributed by atoms with Crippen LogP contribution in [0.2, 0.25) is 5.02 Å². The largest absolute Gasteiger partial charge is 0.454 e. The molecule has 1 N–H and O–H groups in total. The molecular formula is C15H15ClN2O3. The molecule has 0 aliphatic carbocycles. The maximum atomic E-state index is 11.9. The van der Waals surface area contributed by atoms with Crippen molar-refractivity contribution in [3.05, 3.63) is 28.3 Å². The fraction of sp³-hybridized carbons (Fsp3) is 0.333. The molecule has 6 heteroatoms.